The molecular weight excluding hydrogens is 348 g/mol. The molecule has 2 N–H and O–H groups in total. The van der Waals surface area contributed by atoms with Gasteiger partial charge in [0, 0.05) is 34.6 Å². The number of pyridine rings is 1. The zero-order valence-corrected chi connectivity index (χ0v) is 12.2. The molecule has 2 heterocycles. The molecule has 0 saturated heterocycles. The van der Waals surface area contributed by atoms with Gasteiger partial charge in [-0.05, 0) is 22.0 Å². The molecule has 1 aromatic carbocycles. The predicted octanol–water partition coefficient (Wildman–Crippen LogP) is 3.87. The lowest BCUT2D eigenvalue weighted by atomic mass is 10.1. The Hall–Kier alpha value is -2.22. The maximum Gasteiger partial charge on any atom is 0.411 e. The van der Waals surface area contributed by atoms with Gasteiger partial charge in [-0.3, -0.25) is 4.90 Å². The first-order valence-corrected chi connectivity index (χ1v) is 6.61. The fourth-order valence-electron chi connectivity index (χ4n) is 2.21. The van der Waals surface area contributed by atoms with Crippen LogP contribution >= 0.6 is 15.9 Å². The van der Waals surface area contributed by atoms with Crippen molar-refractivity contribution in [2.75, 3.05) is 11.9 Å². The SMILES string of the molecule is CN(C(=O)O)c1cc(F)c(F)c2c1[nH]c1ncc(Br)cc12. The highest BCUT2D eigenvalue weighted by molar-refractivity contribution is 9.10. The zero-order valence-electron chi connectivity index (χ0n) is 10.6. The lowest BCUT2D eigenvalue weighted by molar-refractivity contribution is 0.203. The van der Waals surface area contributed by atoms with Crippen LogP contribution in [0.3, 0.4) is 0 Å². The monoisotopic (exact) mass is 355 g/mol. The minimum Gasteiger partial charge on any atom is -0.465 e. The van der Waals surface area contributed by atoms with Crippen molar-refractivity contribution in [2.45, 2.75) is 0 Å². The largest absolute Gasteiger partial charge is 0.465 e. The lowest BCUT2D eigenvalue weighted by Crippen LogP contribution is -2.24. The number of H-pyrrole nitrogens is 1. The first-order valence-electron chi connectivity index (χ1n) is 5.81. The van der Waals surface area contributed by atoms with Crippen molar-refractivity contribution < 1.29 is 18.7 Å². The van der Waals surface area contributed by atoms with Gasteiger partial charge in [-0.1, -0.05) is 0 Å². The van der Waals surface area contributed by atoms with Crippen LogP contribution in [0.1, 0.15) is 0 Å². The fraction of sp³-hybridized carbons (Fsp3) is 0.0769. The summed E-state index contributed by atoms with van der Waals surface area (Å²) in [5.74, 6) is -2.16. The van der Waals surface area contributed by atoms with E-state index in [1.165, 1.54) is 13.2 Å². The third kappa shape index (κ3) is 2.02. The number of carbonyl (C=O) groups is 1. The Morgan fingerprint density at radius 2 is 2.14 bits per heavy atom. The van der Waals surface area contributed by atoms with Gasteiger partial charge in [0.25, 0.3) is 0 Å². The Balaban J connectivity index is 2.49. The Morgan fingerprint density at radius 3 is 2.81 bits per heavy atom. The number of carboxylic acid groups (broad SMARTS) is 1. The summed E-state index contributed by atoms with van der Waals surface area (Å²) in [5, 5.41) is 9.39. The molecular formula is C13H8BrF2N3O2. The summed E-state index contributed by atoms with van der Waals surface area (Å²) in [6.45, 7) is 0. The molecule has 2 aromatic heterocycles. The van der Waals surface area contributed by atoms with Gasteiger partial charge in [0.15, 0.2) is 11.6 Å². The molecule has 0 spiro atoms. The third-order valence-corrected chi connectivity index (χ3v) is 3.65. The molecule has 0 unspecified atom stereocenters. The second-order valence-electron chi connectivity index (χ2n) is 4.46. The Morgan fingerprint density at radius 1 is 1.43 bits per heavy atom. The molecule has 0 atom stereocenters. The second kappa shape index (κ2) is 4.66. The van der Waals surface area contributed by atoms with Crippen LogP contribution in [0.15, 0.2) is 22.8 Å². The summed E-state index contributed by atoms with van der Waals surface area (Å²) >= 11 is 3.22. The van der Waals surface area contributed by atoms with E-state index in [1.807, 2.05) is 0 Å². The van der Waals surface area contributed by atoms with Crippen molar-refractivity contribution in [3.05, 3.63) is 34.4 Å². The van der Waals surface area contributed by atoms with Crippen LogP contribution < -0.4 is 4.90 Å². The number of benzene rings is 1. The van der Waals surface area contributed by atoms with Gasteiger partial charge in [0.2, 0.25) is 0 Å². The number of rotatable bonds is 1. The van der Waals surface area contributed by atoms with Gasteiger partial charge in [0.1, 0.15) is 5.65 Å². The second-order valence-corrected chi connectivity index (χ2v) is 5.37. The highest BCUT2D eigenvalue weighted by Gasteiger charge is 2.22. The average molecular weight is 356 g/mol. The molecule has 0 aliphatic rings. The normalized spacial score (nSPS) is 11.2. The van der Waals surface area contributed by atoms with E-state index in [4.69, 9.17) is 5.11 Å². The molecule has 0 aliphatic heterocycles. The number of halogens is 3. The number of anilines is 1. The minimum atomic E-state index is -1.28. The third-order valence-electron chi connectivity index (χ3n) is 3.21. The first-order chi connectivity index (χ1) is 9.90. The van der Waals surface area contributed by atoms with Crippen LogP contribution in [0.2, 0.25) is 0 Å². The average Bonchev–Trinajstić information content (AvgIpc) is 2.80. The van der Waals surface area contributed by atoms with E-state index < -0.39 is 17.7 Å². The minimum absolute atomic E-state index is 0.0190. The summed E-state index contributed by atoms with van der Waals surface area (Å²) in [5.41, 5.74) is 0.544. The smallest absolute Gasteiger partial charge is 0.411 e. The van der Waals surface area contributed by atoms with E-state index >= 15 is 0 Å². The van der Waals surface area contributed by atoms with E-state index in [-0.39, 0.29) is 16.6 Å². The number of amides is 1. The molecule has 3 aromatic rings. The summed E-state index contributed by atoms with van der Waals surface area (Å²) in [6, 6.07) is 2.43. The Labute approximate surface area is 125 Å². The van der Waals surface area contributed by atoms with Gasteiger partial charge in [-0.15, -0.1) is 0 Å². The van der Waals surface area contributed by atoms with E-state index in [1.54, 1.807) is 6.07 Å². The molecule has 108 valence electrons. The predicted molar refractivity (Wildman–Crippen MR) is 77.6 cm³/mol. The molecule has 0 aliphatic carbocycles. The fourth-order valence-corrected chi connectivity index (χ4v) is 2.54. The van der Waals surface area contributed by atoms with Crippen molar-refractivity contribution in [1.82, 2.24) is 9.97 Å². The molecule has 1 amide bonds. The van der Waals surface area contributed by atoms with Crippen molar-refractivity contribution in [3.8, 4) is 0 Å². The number of hydrogen-bond acceptors (Lipinski definition) is 2. The maximum atomic E-state index is 14.1. The number of aromatic amines is 1. The van der Waals surface area contributed by atoms with Gasteiger partial charge in [-0.25, -0.2) is 18.6 Å². The van der Waals surface area contributed by atoms with E-state index in [0.717, 1.165) is 11.0 Å². The van der Waals surface area contributed by atoms with Crippen LogP contribution in [0, 0.1) is 11.6 Å². The number of fused-ring (bicyclic) bond motifs is 3. The highest BCUT2D eigenvalue weighted by Crippen LogP contribution is 2.35. The summed E-state index contributed by atoms with van der Waals surface area (Å²) in [4.78, 5) is 18.8. The standard InChI is InChI=1S/C13H8BrF2N3O2/c1-19(13(20)21)8-3-7(15)10(16)9-6-2-5(14)4-17-12(6)18-11(8)9/h2-4H,1H3,(H,17,18)(H,20,21). The van der Waals surface area contributed by atoms with Gasteiger partial charge in [0.05, 0.1) is 11.2 Å². The van der Waals surface area contributed by atoms with Crippen LogP contribution in [-0.4, -0.2) is 28.2 Å². The van der Waals surface area contributed by atoms with Gasteiger partial charge >= 0.3 is 6.09 Å². The van der Waals surface area contributed by atoms with E-state index in [2.05, 4.69) is 25.9 Å². The number of nitrogens with zero attached hydrogens (tertiary/aromatic N) is 2. The molecule has 0 fully saturated rings. The molecule has 0 radical (unpaired) electrons. The number of hydrogen-bond donors (Lipinski definition) is 2. The Bertz CT molecular complexity index is 894. The van der Waals surface area contributed by atoms with Crippen molar-refractivity contribution in [1.29, 1.82) is 0 Å². The molecule has 3 rings (SSSR count). The van der Waals surface area contributed by atoms with Crippen molar-refractivity contribution in [3.63, 3.8) is 0 Å². The van der Waals surface area contributed by atoms with Crippen LogP contribution in [0.5, 0.6) is 0 Å². The van der Waals surface area contributed by atoms with Gasteiger partial charge in [-0.2, -0.15) is 0 Å². The molecule has 8 heteroatoms. The molecule has 0 saturated carbocycles. The highest BCUT2D eigenvalue weighted by atomic mass is 79.9. The summed E-state index contributed by atoms with van der Waals surface area (Å²) in [7, 11) is 1.25. The van der Waals surface area contributed by atoms with E-state index in [9.17, 15) is 13.6 Å². The lowest BCUT2D eigenvalue weighted by Gasteiger charge is -2.14. The topological polar surface area (TPSA) is 69.2 Å². The Kier molecular flexibility index (Phi) is 3.05. The van der Waals surface area contributed by atoms with Crippen LogP contribution in [-0.2, 0) is 0 Å². The molecule has 21 heavy (non-hydrogen) atoms. The van der Waals surface area contributed by atoms with Gasteiger partial charge < -0.3 is 10.1 Å². The molecule has 0 bridgehead atoms. The van der Waals surface area contributed by atoms with Crippen LogP contribution in [0.25, 0.3) is 21.9 Å². The first kappa shape index (κ1) is 13.7. The summed E-state index contributed by atoms with van der Waals surface area (Å²) in [6.07, 6.45) is 0.224. The quantitative estimate of drug-likeness (QED) is 0.696. The zero-order chi connectivity index (χ0) is 15.3. The number of aromatic nitrogens is 2. The van der Waals surface area contributed by atoms with Crippen molar-refractivity contribution >= 4 is 49.6 Å². The maximum absolute atomic E-state index is 14.1. The van der Waals surface area contributed by atoms with Crippen LogP contribution in [0.4, 0.5) is 19.3 Å². The molecule has 5 nitrogen and oxygen atoms in total. The van der Waals surface area contributed by atoms with Crippen molar-refractivity contribution in [2.24, 2.45) is 0 Å². The number of nitrogens with one attached hydrogen (secondary N) is 1. The van der Waals surface area contributed by atoms with E-state index in [0.29, 0.717) is 15.5 Å². The summed E-state index contributed by atoms with van der Waals surface area (Å²) < 4.78 is 28.5.